The second kappa shape index (κ2) is 10.4. The van der Waals surface area contributed by atoms with E-state index in [0.29, 0.717) is 29.1 Å². The molecular weight excluding hydrogens is 512 g/mol. The Labute approximate surface area is 229 Å². The molecule has 1 fully saturated rings. The largest absolute Gasteiger partial charge is 0.467 e. The highest BCUT2D eigenvalue weighted by Crippen LogP contribution is 2.44. The van der Waals surface area contributed by atoms with Gasteiger partial charge in [0.2, 0.25) is 5.43 Å². The molecule has 10 nitrogen and oxygen atoms in total. The van der Waals surface area contributed by atoms with E-state index >= 15 is 0 Å². The fourth-order valence-electron chi connectivity index (χ4n) is 5.51. The monoisotopic (exact) mass is 540 g/mol. The molecule has 204 valence electrons. The molecule has 4 aromatic heterocycles. The quantitative estimate of drug-likeness (QED) is 0.319. The van der Waals surface area contributed by atoms with Crippen LogP contribution in [-0.2, 0) is 16.1 Å². The molecule has 1 aliphatic heterocycles. The van der Waals surface area contributed by atoms with Gasteiger partial charge in [-0.3, -0.25) is 9.59 Å². The zero-order chi connectivity index (χ0) is 27.8. The van der Waals surface area contributed by atoms with Crippen molar-refractivity contribution in [2.24, 2.45) is 11.0 Å². The van der Waals surface area contributed by atoms with E-state index in [9.17, 15) is 14.4 Å². The Morgan fingerprint density at radius 3 is 2.73 bits per heavy atom. The summed E-state index contributed by atoms with van der Waals surface area (Å²) in [6.07, 6.45) is 9.11. The molecule has 0 N–H and O–H groups in total. The van der Waals surface area contributed by atoms with Crippen LogP contribution in [0.15, 0.2) is 79.4 Å². The second-order valence-corrected chi connectivity index (χ2v) is 9.93. The lowest BCUT2D eigenvalue weighted by Crippen LogP contribution is -2.34. The van der Waals surface area contributed by atoms with Gasteiger partial charge >= 0.3 is 5.97 Å². The lowest BCUT2D eigenvalue weighted by molar-refractivity contribution is -0.137. The van der Waals surface area contributed by atoms with E-state index in [1.807, 2.05) is 38.1 Å². The van der Waals surface area contributed by atoms with Crippen LogP contribution in [0.1, 0.15) is 59.8 Å². The number of carbonyl (C=O) groups is 2. The summed E-state index contributed by atoms with van der Waals surface area (Å²) in [6.45, 7) is 3.65. The maximum atomic E-state index is 13.5. The fraction of sp³-hybridized carbons (Fsp3) is 0.300. The number of pyridine rings is 2. The first kappa shape index (κ1) is 25.5. The smallest absolute Gasteiger partial charge is 0.344 e. The Morgan fingerprint density at radius 2 is 1.98 bits per heavy atom. The normalized spacial score (nSPS) is 19.6. The van der Waals surface area contributed by atoms with Gasteiger partial charge in [0.15, 0.2) is 6.61 Å². The third-order valence-corrected chi connectivity index (χ3v) is 7.40. The fourth-order valence-corrected chi connectivity index (χ4v) is 5.51. The minimum absolute atomic E-state index is 0.0750. The van der Waals surface area contributed by atoms with Gasteiger partial charge < -0.3 is 18.1 Å². The van der Waals surface area contributed by atoms with Crippen LogP contribution in [0.25, 0.3) is 17.1 Å². The topological polar surface area (TPSA) is 120 Å². The number of allylic oxidation sites excluding steroid dienone is 1. The first-order valence-electron chi connectivity index (χ1n) is 13.3. The SMILES string of the molecule is CCn1cc(C(=O)OCC(=O)N2N=C3C(=Cc4ccco4)CCCC3C2c2ccco2)c(=O)c2ccc(C)nc21. The van der Waals surface area contributed by atoms with Gasteiger partial charge in [-0.2, -0.15) is 5.10 Å². The Kier molecular flexibility index (Phi) is 6.67. The number of nitrogens with zero attached hydrogens (tertiary/aromatic N) is 4. The molecule has 1 amide bonds. The van der Waals surface area contributed by atoms with Crippen molar-refractivity contribution in [2.75, 3.05) is 6.61 Å². The minimum atomic E-state index is -0.875. The van der Waals surface area contributed by atoms with E-state index < -0.39 is 30.0 Å². The van der Waals surface area contributed by atoms with Crippen molar-refractivity contribution in [3.8, 4) is 0 Å². The van der Waals surface area contributed by atoms with Crippen LogP contribution in [0.4, 0.5) is 0 Å². The number of hydrogen-bond donors (Lipinski definition) is 0. The molecule has 6 rings (SSSR count). The summed E-state index contributed by atoms with van der Waals surface area (Å²) >= 11 is 0. The molecule has 5 heterocycles. The van der Waals surface area contributed by atoms with Crippen LogP contribution in [-0.4, -0.2) is 38.8 Å². The molecule has 4 aromatic rings. The lowest BCUT2D eigenvalue weighted by Gasteiger charge is -2.27. The zero-order valence-corrected chi connectivity index (χ0v) is 22.2. The number of hydrazone groups is 1. The third-order valence-electron chi connectivity index (χ3n) is 7.40. The van der Waals surface area contributed by atoms with Gasteiger partial charge in [0, 0.05) is 24.4 Å². The van der Waals surface area contributed by atoms with E-state index in [1.165, 1.54) is 11.2 Å². The van der Waals surface area contributed by atoms with E-state index in [-0.39, 0.29) is 11.5 Å². The molecule has 0 aromatic carbocycles. The van der Waals surface area contributed by atoms with Crippen LogP contribution in [0.2, 0.25) is 0 Å². The van der Waals surface area contributed by atoms with Crippen molar-refractivity contribution in [3.05, 3.63) is 93.7 Å². The molecular formula is C30H28N4O6. The van der Waals surface area contributed by atoms with Crippen LogP contribution in [0, 0.1) is 12.8 Å². The van der Waals surface area contributed by atoms with Gasteiger partial charge in [-0.1, -0.05) is 0 Å². The van der Waals surface area contributed by atoms with Gasteiger partial charge in [0.1, 0.15) is 28.8 Å². The number of hydrogen-bond acceptors (Lipinski definition) is 8. The van der Waals surface area contributed by atoms with E-state index in [1.54, 1.807) is 35.3 Å². The molecule has 40 heavy (non-hydrogen) atoms. The van der Waals surface area contributed by atoms with Gasteiger partial charge in [-0.25, -0.2) is 14.8 Å². The standard InChI is InChI=1S/C30H28N4O6/c1-3-33-16-23(28(36)22-12-11-18(2)31-29(22)33)30(37)40-17-25(35)34-27(24-10-6-14-39-24)21-9-4-7-19(26(21)32-34)15-20-8-5-13-38-20/h5-6,8,10-16,21,27H,3-4,7,9,17H2,1-2H3. The summed E-state index contributed by atoms with van der Waals surface area (Å²) in [7, 11) is 0. The third kappa shape index (κ3) is 4.55. The summed E-state index contributed by atoms with van der Waals surface area (Å²) < 4.78 is 18.3. The maximum Gasteiger partial charge on any atom is 0.344 e. The number of carbonyl (C=O) groups excluding carboxylic acids is 2. The predicted octanol–water partition coefficient (Wildman–Crippen LogP) is 4.89. The van der Waals surface area contributed by atoms with Gasteiger partial charge in [-0.15, -0.1) is 0 Å². The highest BCUT2D eigenvalue weighted by Gasteiger charge is 2.45. The molecule has 2 aliphatic rings. The summed E-state index contributed by atoms with van der Waals surface area (Å²) in [5, 5.41) is 6.39. The zero-order valence-electron chi connectivity index (χ0n) is 22.2. The van der Waals surface area contributed by atoms with Crippen molar-refractivity contribution in [3.63, 3.8) is 0 Å². The molecule has 0 radical (unpaired) electrons. The number of amides is 1. The van der Waals surface area contributed by atoms with Crippen molar-refractivity contribution >= 4 is 34.7 Å². The van der Waals surface area contributed by atoms with Crippen molar-refractivity contribution in [1.82, 2.24) is 14.6 Å². The highest BCUT2D eigenvalue weighted by atomic mass is 16.5. The summed E-state index contributed by atoms with van der Waals surface area (Å²) in [4.78, 5) is 44.1. The molecule has 1 saturated carbocycles. The maximum absolute atomic E-state index is 13.5. The van der Waals surface area contributed by atoms with E-state index in [2.05, 4.69) is 4.98 Å². The van der Waals surface area contributed by atoms with Crippen LogP contribution in [0.3, 0.4) is 0 Å². The van der Waals surface area contributed by atoms with Crippen molar-refractivity contribution < 1.29 is 23.2 Å². The average Bonchev–Trinajstić information content (AvgIpc) is 3.73. The predicted molar refractivity (Wildman–Crippen MR) is 146 cm³/mol. The van der Waals surface area contributed by atoms with E-state index in [4.69, 9.17) is 18.7 Å². The number of rotatable bonds is 6. The summed E-state index contributed by atoms with van der Waals surface area (Å²) in [5.74, 6) is -0.145. The Hall–Kier alpha value is -4.73. The lowest BCUT2D eigenvalue weighted by atomic mass is 9.79. The summed E-state index contributed by atoms with van der Waals surface area (Å²) in [5.41, 5.74) is 2.41. The van der Waals surface area contributed by atoms with Gasteiger partial charge in [0.05, 0.1) is 23.6 Å². The van der Waals surface area contributed by atoms with Crippen molar-refractivity contribution in [1.29, 1.82) is 0 Å². The average molecular weight is 541 g/mol. The molecule has 2 atom stereocenters. The van der Waals surface area contributed by atoms with Crippen LogP contribution >= 0.6 is 0 Å². The summed E-state index contributed by atoms with van der Waals surface area (Å²) in [6, 6.07) is 10.2. The van der Waals surface area contributed by atoms with Gasteiger partial charge in [-0.05, 0) is 81.2 Å². The molecule has 10 heteroatoms. The van der Waals surface area contributed by atoms with Gasteiger partial charge in [0.25, 0.3) is 5.91 Å². The number of aromatic nitrogens is 2. The Balaban J connectivity index is 1.27. The number of furan rings is 2. The molecule has 2 unspecified atom stereocenters. The van der Waals surface area contributed by atoms with Crippen LogP contribution < -0.4 is 5.43 Å². The second-order valence-electron chi connectivity index (χ2n) is 9.93. The Morgan fingerprint density at radius 1 is 1.15 bits per heavy atom. The molecule has 0 bridgehead atoms. The number of fused-ring (bicyclic) bond motifs is 2. The number of ether oxygens (including phenoxy) is 1. The van der Waals surface area contributed by atoms with Crippen molar-refractivity contribution in [2.45, 2.75) is 45.7 Å². The first-order chi connectivity index (χ1) is 19.4. The van der Waals surface area contributed by atoms with E-state index in [0.717, 1.165) is 36.2 Å². The number of esters is 1. The molecule has 0 spiro atoms. The molecule has 0 saturated heterocycles. The Bertz CT molecular complexity index is 1700. The van der Waals surface area contributed by atoms with Crippen LogP contribution in [0.5, 0.6) is 0 Å². The molecule has 1 aliphatic carbocycles. The first-order valence-corrected chi connectivity index (χ1v) is 13.3. The highest BCUT2D eigenvalue weighted by molar-refractivity contribution is 6.08. The minimum Gasteiger partial charge on any atom is -0.467 e. The number of aryl methyl sites for hydroxylation is 2.